The first kappa shape index (κ1) is 32.4. The third kappa shape index (κ3) is 6.14. The van der Waals surface area contributed by atoms with E-state index in [2.05, 4.69) is 18.0 Å². The molecule has 0 bridgehead atoms. The highest BCUT2D eigenvalue weighted by Crippen LogP contribution is 2.36. The first-order chi connectivity index (χ1) is 22.4. The highest BCUT2D eigenvalue weighted by atomic mass is 32.2. The van der Waals surface area contributed by atoms with Crippen LogP contribution in [0.2, 0.25) is 0 Å². The predicted molar refractivity (Wildman–Crippen MR) is 182 cm³/mol. The largest absolute Gasteiger partial charge is 0.496 e. The van der Waals surface area contributed by atoms with Crippen LogP contribution in [0, 0.1) is 13.8 Å². The fourth-order valence-electron chi connectivity index (χ4n) is 6.21. The number of aliphatic hydroxyl groups excluding tert-OH is 1. The number of ether oxygens (including phenoxy) is 1. The van der Waals surface area contributed by atoms with Crippen molar-refractivity contribution < 1.29 is 23.1 Å². The second-order valence-corrected chi connectivity index (χ2v) is 14.3. The van der Waals surface area contributed by atoms with Crippen LogP contribution in [-0.4, -0.2) is 83.6 Å². The molecule has 0 saturated heterocycles. The van der Waals surface area contributed by atoms with Gasteiger partial charge in [-0.2, -0.15) is 0 Å². The molecule has 1 atom stereocenters. The molecule has 3 aromatic carbocycles. The van der Waals surface area contributed by atoms with Crippen LogP contribution in [0.5, 0.6) is 5.75 Å². The average Bonchev–Trinajstić information content (AvgIpc) is 3.43. The average molecular weight is 654 g/mol. The number of carbonyl (C=O) groups is 1. The van der Waals surface area contributed by atoms with E-state index >= 15 is 0 Å². The molecule has 1 aliphatic rings. The Bertz CT molecular complexity index is 2110. The summed E-state index contributed by atoms with van der Waals surface area (Å²) in [5, 5.41) is 9.78. The van der Waals surface area contributed by atoms with Gasteiger partial charge in [-0.3, -0.25) is 4.79 Å². The van der Waals surface area contributed by atoms with Crippen molar-refractivity contribution in [2.75, 3.05) is 34.3 Å². The molecule has 0 unspecified atom stereocenters. The Labute approximate surface area is 275 Å². The lowest BCUT2D eigenvalue weighted by atomic mass is 9.95. The van der Waals surface area contributed by atoms with Crippen LogP contribution < -0.4 is 4.74 Å². The SMILES string of the molecule is COc1cc(-c2cnc3c(n2)c(-c2ccc(C(=O)N(C)C[C@H](C)O)c(C)c2)cn3S(=O)(=O)c2ccc(C)cc2)cc2c1CCN(C)C2. The molecule has 0 aliphatic carbocycles. The van der Waals surface area contributed by atoms with Crippen molar-refractivity contribution in [2.24, 2.45) is 0 Å². The molecular weight excluding hydrogens is 614 g/mol. The van der Waals surface area contributed by atoms with Crippen LogP contribution in [0.25, 0.3) is 33.5 Å². The molecule has 1 aliphatic heterocycles. The highest BCUT2D eigenvalue weighted by Gasteiger charge is 2.26. The molecule has 244 valence electrons. The third-order valence-corrected chi connectivity index (χ3v) is 10.4. The number of aliphatic hydroxyl groups is 1. The monoisotopic (exact) mass is 653 g/mol. The van der Waals surface area contributed by atoms with Crippen molar-refractivity contribution in [1.82, 2.24) is 23.7 Å². The van der Waals surface area contributed by atoms with Gasteiger partial charge in [-0.15, -0.1) is 0 Å². The fourth-order valence-corrected chi connectivity index (χ4v) is 7.52. The van der Waals surface area contributed by atoms with Gasteiger partial charge in [0.25, 0.3) is 15.9 Å². The topological polar surface area (TPSA) is 118 Å². The second kappa shape index (κ2) is 12.6. The van der Waals surface area contributed by atoms with Crippen LogP contribution in [0.15, 0.2) is 71.9 Å². The van der Waals surface area contributed by atoms with Gasteiger partial charge in [-0.05, 0) is 86.8 Å². The van der Waals surface area contributed by atoms with Gasteiger partial charge in [0.05, 0.1) is 30.0 Å². The van der Waals surface area contributed by atoms with Crippen molar-refractivity contribution in [1.29, 1.82) is 0 Å². The fraction of sp³-hybridized carbons (Fsp3) is 0.306. The molecule has 1 N–H and O–H groups in total. The van der Waals surface area contributed by atoms with Crippen LogP contribution in [0.1, 0.15) is 39.5 Å². The summed E-state index contributed by atoms with van der Waals surface area (Å²) in [6.07, 6.45) is 3.39. The number of amides is 1. The Morgan fingerprint density at radius 1 is 1.09 bits per heavy atom. The molecule has 1 amide bonds. The lowest BCUT2D eigenvalue weighted by Gasteiger charge is -2.27. The van der Waals surface area contributed by atoms with Gasteiger partial charge in [0.2, 0.25) is 0 Å². The molecule has 11 heteroatoms. The van der Waals surface area contributed by atoms with E-state index in [1.54, 1.807) is 69.9 Å². The van der Waals surface area contributed by atoms with E-state index in [1.165, 1.54) is 14.4 Å². The summed E-state index contributed by atoms with van der Waals surface area (Å²) in [6, 6.07) is 16.1. The zero-order valence-electron chi connectivity index (χ0n) is 27.5. The number of rotatable bonds is 8. The Morgan fingerprint density at radius 3 is 2.51 bits per heavy atom. The maximum Gasteiger partial charge on any atom is 0.269 e. The minimum atomic E-state index is -4.03. The van der Waals surface area contributed by atoms with Crippen molar-refractivity contribution in [3.8, 4) is 28.1 Å². The highest BCUT2D eigenvalue weighted by molar-refractivity contribution is 7.90. The van der Waals surface area contributed by atoms with Crippen LogP contribution in [0.3, 0.4) is 0 Å². The summed E-state index contributed by atoms with van der Waals surface area (Å²) in [4.78, 5) is 26.8. The summed E-state index contributed by atoms with van der Waals surface area (Å²) in [5.41, 5.74) is 7.76. The molecular formula is C36H39N5O5S. The van der Waals surface area contributed by atoms with Crippen molar-refractivity contribution >= 4 is 27.1 Å². The summed E-state index contributed by atoms with van der Waals surface area (Å²) < 4.78 is 35.0. The minimum Gasteiger partial charge on any atom is -0.496 e. The normalized spacial score (nSPS) is 14.2. The van der Waals surface area contributed by atoms with E-state index in [0.717, 1.165) is 42.0 Å². The molecule has 47 heavy (non-hydrogen) atoms. The van der Waals surface area contributed by atoms with Crippen molar-refractivity contribution in [3.63, 3.8) is 0 Å². The molecule has 5 aromatic rings. The van der Waals surface area contributed by atoms with Gasteiger partial charge < -0.3 is 19.6 Å². The number of nitrogens with zero attached hydrogens (tertiary/aromatic N) is 5. The molecule has 10 nitrogen and oxygen atoms in total. The van der Waals surface area contributed by atoms with E-state index in [9.17, 15) is 18.3 Å². The standard InChI is InChI=1S/C36H39N5O5S/c1-22-7-10-28(11-8-22)47(44,45)41-21-31(25-9-12-29(23(2)15-25)36(43)40(5)19-24(3)42)34-35(41)37-18-32(38-34)26-16-27-20-39(4)14-13-30(27)33(17-26)46-6/h7-12,15-18,21,24,42H,13-14,19-20H2,1-6H3/t24-/m0/s1. The lowest BCUT2D eigenvalue weighted by Crippen LogP contribution is -2.33. The molecule has 0 saturated carbocycles. The van der Waals surface area contributed by atoms with Crippen molar-refractivity contribution in [2.45, 2.75) is 44.7 Å². The first-order valence-corrected chi connectivity index (χ1v) is 16.9. The number of fused-ring (bicyclic) bond motifs is 2. The number of benzene rings is 3. The number of hydrogen-bond donors (Lipinski definition) is 1. The third-order valence-electron chi connectivity index (χ3n) is 8.69. The Balaban J connectivity index is 1.52. The molecule has 0 spiro atoms. The van der Waals surface area contributed by atoms with E-state index in [0.29, 0.717) is 33.5 Å². The van der Waals surface area contributed by atoms with Gasteiger partial charge in [-0.1, -0.05) is 29.8 Å². The smallest absolute Gasteiger partial charge is 0.269 e. The molecule has 2 aromatic heterocycles. The quantitative estimate of drug-likeness (QED) is 0.247. The number of aryl methyl sites for hydroxylation is 2. The number of hydrogen-bond acceptors (Lipinski definition) is 8. The van der Waals surface area contributed by atoms with Crippen molar-refractivity contribution in [3.05, 3.63) is 94.8 Å². The van der Waals surface area contributed by atoms with Gasteiger partial charge in [0, 0.05) is 49.6 Å². The lowest BCUT2D eigenvalue weighted by molar-refractivity contribution is 0.0703. The van der Waals surface area contributed by atoms with E-state index < -0.39 is 16.1 Å². The van der Waals surface area contributed by atoms with Crippen LogP contribution in [0.4, 0.5) is 0 Å². The zero-order valence-corrected chi connectivity index (χ0v) is 28.3. The van der Waals surface area contributed by atoms with Crippen LogP contribution in [-0.2, 0) is 23.0 Å². The Morgan fingerprint density at radius 2 is 1.83 bits per heavy atom. The number of likely N-dealkylation sites (N-methyl/N-ethyl adjacent to an activating group) is 2. The number of carbonyl (C=O) groups excluding carboxylic acids is 1. The van der Waals surface area contributed by atoms with Gasteiger partial charge in [0.1, 0.15) is 11.3 Å². The summed E-state index contributed by atoms with van der Waals surface area (Å²) >= 11 is 0. The number of methoxy groups -OCH3 is 1. The van der Waals surface area contributed by atoms with E-state index in [1.807, 2.05) is 26.0 Å². The first-order valence-electron chi connectivity index (χ1n) is 15.5. The minimum absolute atomic E-state index is 0.138. The predicted octanol–water partition coefficient (Wildman–Crippen LogP) is 5.07. The molecule has 0 fully saturated rings. The van der Waals surface area contributed by atoms with E-state index in [-0.39, 0.29) is 23.0 Å². The number of aromatic nitrogens is 3. The maximum absolute atomic E-state index is 14.0. The van der Waals surface area contributed by atoms with Crippen LogP contribution >= 0.6 is 0 Å². The van der Waals surface area contributed by atoms with Gasteiger partial charge >= 0.3 is 0 Å². The summed E-state index contributed by atoms with van der Waals surface area (Å²) in [7, 11) is 1.38. The Kier molecular flexibility index (Phi) is 8.64. The summed E-state index contributed by atoms with van der Waals surface area (Å²) in [6.45, 7) is 7.30. The second-order valence-electron chi connectivity index (χ2n) is 12.5. The van der Waals surface area contributed by atoms with Gasteiger partial charge in [0.15, 0.2) is 5.65 Å². The zero-order chi connectivity index (χ0) is 33.6. The van der Waals surface area contributed by atoms with E-state index in [4.69, 9.17) is 14.7 Å². The molecule has 3 heterocycles. The Hall–Kier alpha value is -4.58. The maximum atomic E-state index is 14.0. The summed E-state index contributed by atoms with van der Waals surface area (Å²) in [5.74, 6) is 0.581. The van der Waals surface area contributed by atoms with Gasteiger partial charge in [-0.25, -0.2) is 22.4 Å². The molecule has 6 rings (SSSR count). The molecule has 0 radical (unpaired) electrons.